The first-order valence-electron chi connectivity index (χ1n) is 12.1. The van der Waals surface area contributed by atoms with Gasteiger partial charge in [0.2, 0.25) is 24.1 Å². The van der Waals surface area contributed by atoms with Crippen LogP contribution in [0.15, 0.2) is 57.5 Å². The van der Waals surface area contributed by atoms with Crippen molar-refractivity contribution in [3.05, 3.63) is 47.5 Å². The number of H-pyrrole nitrogens is 1. The van der Waals surface area contributed by atoms with Crippen LogP contribution in [0, 0.1) is 5.92 Å². The maximum absolute atomic E-state index is 6.23. The molecule has 1 unspecified atom stereocenters. The van der Waals surface area contributed by atoms with Crippen LogP contribution in [0.1, 0.15) is 44.6 Å². The number of nitrogens with zero attached hydrogens (tertiary/aromatic N) is 4. The molecular formula is C25H28BrN6O2S+. The number of nitrogens with one attached hydrogen (secondary N) is 1. The first kappa shape index (κ1) is 22.7. The van der Waals surface area contributed by atoms with E-state index in [1.807, 2.05) is 18.5 Å². The van der Waals surface area contributed by atoms with Gasteiger partial charge in [-0.25, -0.2) is 4.57 Å². The average molecular weight is 557 g/mol. The fraction of sp³-hybridized carbons (Fsp3) is 0.400. The van der Waals surface area contributed by atoms with E-state index in [4.69, 9.17) is 20.2 Å². The van der Waals surface area contributed by atoms with Crippen LogP contribution in [-0.4, -0.2) is 26.3 Å². The third-order valence-corrected chi connectivity index (χ3v) is 8.89. The number of rotatable bonds is 7. The number of aromatic nitrogens is 5. The average Bonchev–Trinajstić information content (AvgIpc) is 3.63. The van der Waals surface area contributed by atoms with E-state index in [-0.39, 0.29) is 6.79 Å². The van der Waals surface area contributed by atoms with Crippen molar-refractivity contribution in [1.82, 2.24) is 19.5 Å². The molecule has 4 aromatic rings. The van der Waals surface area contributed by atoms with Crippen molar-refractivity contribution in [3.8, 4) is 11.5 Å². The molecule has 0 bridgehead atoms. The molecule has 1 aliphatic heterocycles. The summed E-state index contributed by atoms with van der Waals surface area (Å²) in [5.74, 6) is 2.64. The maximum atomic E-state index is 6.23. The molecular weight excluding hydrogens is 528 g/mol. The Labute approximate surface area is 216 Å². The van der Waals surface area contributed by atoms with Crippen LogP contribution in [0.25, 0.3) is 11.2 Å². The molecule has 35 heavy (non-hydrogen) atoms. The van der Waals surface area contributed by atoms with Crippen LogP contribution >= 0.6 is 27.7 Å². The first-order valence-corrected chi connectivity index (χ1v) is 13.7. The maximum Gasteiger partial charge on any atom is 0.294 e. The van der Waals surface area contributed by atoms with Crippen molar-refractivity contribution < 1.29 is 14.0 Å². The molecule has 0 amide bonds. The number of hydrogen-bond donors (Lipinski definition) is 2. The quantitative estimate of drug-likeness (QED) is 0.293. The van der Waals surface area contributed by atoms with E-state index in [9.17, 15) is 0 Å². The standard InChI is InChI=1S/C25H27BrN6O2S/c26-17-12-19-20(34-15-33-19)13-21(17)35-25-29-22-23(27)28-14-32(24(22)30-25)11-8-18(31-9-4-5-10-31)16-6-2-1-3-7-16/h4-5,9-10,12-14,16,18H,1-3,6-8,11,15H2,(H2,27,29,30)/p+1. The van der Waals surface area contributed by atoms with E-state index >= 15 is 0 Å². The summed E-state index contributed by atoms with van der Waals surface area (Å²) >= 11 is 5.15. The van der Waals surface area contributed by atoms with Crippen molar-refractivity contribution in [1.29, 1.82) is 0 Å². The van der Waals surface area contributed by atoms with Gasteiger partial charge in [0.1, 0.15) is 0 Å². The highest BCUT2D eigenvalue weighted by Gasteiger charge is 2.27. The monoisotopic (exact) mass is 555 g/mol. The summed E-state index contributed by atoms with van der Waals surface area (Å²) in [6.07, 6.45) is 13.9. The Balaban J connectivity index is 1.26. The van der Waals surface area contributed by atoms with Crippen molar-refractivity contribution >= 4 is 44.7 Å². The second-order valence-corrected chi connectivity index (χ2v) is 11.1. The highest BCUT2D eigenvalue weighted by molar-refractivity contribution is 9.10. The van der Waals surface area contributed by atoms with Crippen molar-refractivity contribution in [3.63, 3.8) is 0 Å². The number of halogens is 1. The Kier molecular flexibility index (Phi) is 6.32. The second-order valence-electron chi connectivity index (χ2n) is 9.19. The molecule has 1 fully saturated rings. The summed E-state index contributed by atoms with van der Waals surface area (Å²) in [5, 5.41) is 0.752. The number of benzene rings is 1. The summed E-state index contributed by atoms with van der Waals surface area (Å²) in [4.78, 5) is 13.7. The molecule has 1 saturated carbocycles. The number of anilines is 1. The van der Waals surface area contributed by atoms with Crippen LogP contribution in [0.5, 0.6) is 11.5 Å². The van der Waals surface area contributed by atoms with Gasteiger partial charge in [-0.1, -0.05) is 29.2 Å². The molecule has 6 rings (SSSR count). The normalized spacial score (nSPS) is 16.7. The minimum absolute atomic E-state index is 0.244. The molecule has 1 atom stereocenters. The Hall–Kier alpha value is -2.72. The zero-order valence-corrected chi connectivity index (χ0v) is 21.7. The lowest BCUT2D eigenvalue weighted by Crippen LogP contribution is -2.37. The third kappa shape index (κ3) is 4.61. The molecule has 182 valence electrons. The number of aromatic amines is 1. The van der Waals surface area contributed by atoms with Crippen LogP contribution in [0.4, 0.5) is 5.82 Å². The number of imidazole rings is 1. The Morgan fingerprint density at radius 1 is 1.17 bits per heavy atom. The molecule has 0 spiro atoms. The van der Waals surface area contributed by atoms with Gasteiger partial charge in [0.25, 0.3) is 5.65 Å². The van der Waals surface area contributed by atoms with Gasteiger partial charge in [-0.2, -0.15) is 0 Å². The number of nitrogen functional groups attached to an aromatic ring is 1. The molecule has 3 N–H and O–H groups in total. The molecule has 10 heteroatoms. The highest BCUT2D eigenvalue weighted by atomic mass is 79.9. The lowest BCUT2D eigenvalue weighted by atomic mass is 9.82. The first-order chi connectivity index (χ1) is 17.2. The Morgan fingerprint density at radius 2 is 1.94 bits per heavy atom. The van der Waals surface area contributed by atoms with Crippen molar-refractivity contribution in [2.24, 2.45) is 5.92 Å². The van der Waals surface area contributed by atoms with Gasteiger partial charge in [-0.3, -0.25) is 0 Å². The lowest BCUT2D eigenvalue weighted by molar-refractivity contribution is -0.677. The number of nitrogens with two attached hydrogens (primary N) is 1. The minimum atomic E-state index is 0.244. The van der Waals surface area contributed by atoms with E-state index < -0.39 is 0 Å². The zero-order chi connectivity index (χ0) is 23.8. The number of aryl methyl sites for hydroxylation is 1. The number of fused-ring (bicyclic) bond motifs is 2. The molecule has 3 aromatic heterocycles. The van der Waals surface area contributed by atoms with Crippen molar-refractivity contribution in [2.75, 3.05) is 12.5 Å². The van der Waals surface area contributed by atoms with E-state index in [0.29, 0.717) is 17.8 Å². The van der Waals surface area contributed by atoms with E-state index in [1.165, 1.54) is 43.9 Å². The van der Waals surface area contributed by atoms with Crippen molar-refractivity contribution in [2.45, 2.75) is 61.2 Å². The third-order valence-electron chi connectivity index (χ3n) is 7.03. The second kappa shape index (κ2) is 9.73. The summed E-state index contributed by atoms with van der Waals surface area (Å²) in [7, 11) is 0. The van der Waals surface area contributed by atoms with Gasteiger partial charge in [0, 0.05) is 27.8 Å². The molecule has 1 aromatic carbocycles. The topological polar surface area (TPSA) is 94.9 Å². The van der Waals surface area contributed by atoms with E-state index in [1.54, 1.807) is 0 Å². The molecule has 2 aliphatic rings. The van der Waals surface area contributed by atoms with Crippen LogP contribution < -0.4 is 19.8 Å². The predicted octanol–water partition coefficient (Wildman–Crippen LogP) is 5.48. The van der Waals surface area contributed by atoms with Gasteiger partial charge >= 0.3 is 0 Å². The van der Waals surface area contributed by atoms with E-state index in [0.717, 1.165) is 50.2 Å². The highest BCUT2D eigenvalue weighted by Crippen LogP contribution is 2.42. The molecule has 4 heterocycles. The summed E-state index contributed by atoms with van der Waals surface area (Å²) < 4.78 is 16.4. The molecule has 0 radical (unpaired) electrons. The summed E-state index contributed by atoms with van der Waals surface area (Å²) in [5.41, 5.74) is 7.82. The summed E-state index contributed by atoms with van der Waals surface area (Å²) in [6, 6.07) is 8.61. The fourth-order valence-electron chi connectivity index (χ4n) is 5.26. The Morgan fingerprint density at radius 3 is 2.74 bits per heavy atom. The minimum Gasteiger partial charge on any atom is -0.454 e. The van der Waals surface area contributed by atoms with Crippen LogP contribution in [0.2, 0.25) is 0 Å². The number of hydrogen-bond acceptors (Lipinski definition) is 6. The largest absolute Gasteiger partial charge is 0.454 e. The summed E-state index contributed by atoms with van der Waals surface area (Å²) in [6.45, 7) is 1.07. The molecule has 0 saturated heterocycles. The van der Waals surface area contributed by atoms with E-state index in [2.05, 4.69) is 59.6 Å². The fourth-order valence-corrected chi connectivity index (χ4v) is 6.64. The molecule has 1 aliphatic carbocycles. The van der Waals surface area contributed by atoms with Gasteiger partial charge in [0.15, 0.2) is 17.0 Å². The van der Waals surface area contributed by atoms with Crippen LogP contribution in [0.3, 0.4) is 0 Å². The van der Waals surface area contributed by atoms with Gasteiger partial charge in [-0.05, 0) is 77.1 Å². The SMILES string of the molecule is Nc1nc[n+](CCC(C2CCCCC2)n2cccc2)c2nc(Sc3cc4c(cc3Br)OCO4)[nH]c12. The van der Waals surface area contributed by atoms with Gasteiger partial charge < -0.3 is 24.8 Å². The Bertz CT molecular complexity index is 1340. The predicted molar refractivity (Wildman–Crippen MR) is 138 cm³/mol. The number of ether oxygens (including phenoxy) is 2. The molecule has 8 nitrogen and oxygen atoms in total. The zero-order valence-electron chi connectivity index (χ0n) is 19.3. The smallest absolute Gasteiger partial charge is 0.294 e. The van der Waals surface area contributed by atoms with Gasteiger partial charge in [0.05, 0.1) is 6.54 Å². The lowest BCUT2D eigenvalue weighted by Gasteiger charge is -2.31. The van der Waals surface area contributed by atoms with Gasteiger partial charge in [-0.15, -0.1) is 0 Å². The van der Waals surface area contributed by atoms with Crippen LogP contribution in [-0.2, 0) is 6.54 Å².